The van der Waals surface area contributed by atoms with Gasteiger partial charge in [0.15, 0.2) is 5.76 Å². The average Bonchev–Trinajstić information content (AvgIpc) is 3.43. The van der Waals surface area contributed by atoms with Gasteiger partial charge >= 0.3 is 0 Å². The second-order valence-corrected chi connectivity index (χ2v) is 7.03. The Morgan fingerprint density at radius 2 is 1.76 bits per heavy atom. The molecule has 0 saturated carbocycles. The van der Waals surface area contributed by atoms with Gasteiger partial charge in [-0.15, -0.1) is 5.10 Å². The van der Waals surface area contributed by atoms with Crippen LogP contribution in [0, 0.1) is 6.92 Å². The highest BCUT2D eigenvalue weighted by molar-refractivity contribution is 5.60. The molecule has 0 spiro atoms. The molecule has 0 N–H and O–H groups in total. The number of fused-ring (bicyclic) bond motifs is 1. The zero-order chi connectivity index (χ0) is 19.8. The predicted molar refractivity (Wildman–Crippen MR) is 111 cm³/mol. The van der Waals surface area contributed by atoms with Gasteiger partial charge in [0, 0.05) is 37.9 Å². The third-order valence-electron chi connectivity index (χ3n) is 5.19. The molecule has 148 valence electrons. The van der Waals surface area contributed by atoms with Crippen molar-refractivity contribution in [3.8, 4) is 17.3 Å². The fourth-order valence-corrected chi connectivity index (χ4v) is 3.77. The first-order chi connectivity index (χ1) is 14.2. The van der Waals surface area contributed by atoms with Gasteiger partial charge in [-0.3, -0.25) is 0 Å². The molecule has 1 aliphatic rings. The van der Waals surface area contributed by atoms with Crippen LogP contribution in [0.1, 0.15) is 5.69 Å². The van der Waals surface area contributed by atoms with Crippen molar-refractivity contribution in [1.29, 1.82) is 0 Å². The maximum absolute atomic E-state index is 5.53. The molecule has 1 aliphatic heterocycles. The second kappa shape index (κ2) is 7.12. The van der Waals surface area contributed by atoms with E-state index in [1.807, 2.05) is 41.8 Å². The molecule has 8 heteroatoms. The summed E-state index contributed by atoms with van der Waals surface area (Å²) in [6.07, 6.45) is 1.62. The van der Waals surface area contributed by atoms with Crippen LogP contribution in [-0.2, 0) is 0 Å². The first-order valence-electron chi connectivity index (χ1n) is 9.64. The van der Waals surface area contributed by atoms with Gasteiger partial charge in [-0.05, 0) is 31.2 Å². The largest absolute Gasteiger partial charge is 0.495 e. The van der Waals surface area contributed by atoms with Crippen LogP contribution in [0.15, 0.2) is 53.1 Å². The van der Waals surface area contributed by atoms with Crippen LogP contribution < -0.4 is 14.5 Å². The molecule has 1 aromatic carbocycles. The van der Waals surface area contributed by atoms with E-state index in [2.05, 4.69) is 37.0 Å². The molecule has 1 fully saturated rings. The van der Waals surface area contributed by atoms with Crippen molar-refractivity contribution in [1.82, 2.24) is 19.6 Å². The van der Waals surface area contributed by atoms with Gasteiger partial charge in [-0.2, -0.15) is 9.50 Å². The maximum atomic E-state index is 5.53. The highest BCUT2D eigenvalue weighted by atomic mass is 16.5. The van der Waals surface area contributed by atoms with Crippen LogP contribution >= 0.6 is 0 Å². The minimum Gasteiger partial charge on any atom is -0.495 e. The Morgan fingerprint density at radius 3 is 2.52 bits per heavy atom. The van der Waals surface area contributed by atoms with Gasteiger partial charge in [0.25, 0.3) is 5.78 Å². The lowest BCUT2D eigenvalue weighted by Gasteiger charge is -2.37. The Bertz CT molecular complexity index is 1130. The number of furan rings is 1. The monoisotopic (exact) mass is 390 g/mol. The van der Waals surface area contributed by atoms with E-state index in [4.69, 9.17) is 9.15 Å². The summed E-state index contributed by atoms with van der Waals surface area (Å²) in [6.45, 7) is 5.50. The average molecular weight is 390 g/mol. The third-order valence-corrected chi connectivity index (χ3v) is 5.19. The molecule has 29 heavy (non-hydrogen) atoms. The molecule has 0 atom stereocenters. The number of anilines is 2. The van der Waals surface area contributed by atoms with Crippen LogP contribution in [-0.4, -0.2) is 52.9 Å². The van der Waals surface area contributed by atoms with E-state index in [0.717, 1.165) is 49.1 Å². The van der Waals surface area contributed by atoms with E-state index in [-0.39, 0.29) is 0 Å². The molecule has 4 heterocycles. The number of piperazine rings is 1. The van der Waals surface area contributed by atoms with Crippen molar-refractivity contribution >= 4 is 17.3 Å². The lowest BCUT2D eigenvalue weighted by atomic mass is 10.2. The van der Waals surface area contributed by atoms with Crippen LogP contribution in [0.3, 0.4) is 0 Å². The van der Waals surface area contributed by atoms with Gasteiger partial charge in [0.2, 0.25) is 5.82 Å². The summed E-state index contributed by atoms with van der Waals surface area (Å²) in [5.41, 5.74) is 2.05. The number of benzene rings is 1. The Labute approximate surface area is 168 Å². The summed E-state index contributed by atoms with van der Waals surface area (Å²) in [5, 5.41) is 4.65. The molecule has 4 aromatic rings. The van der Waals surface area contributed by atoms with Crippen molar-refractivity contribution in [2.24, 2.45) is 0 Å². The van der Waals surface area contributed by atoms with Crippen LogP contribution in [0.2, 0.25) is 0 Å². The zero-order valence-corrected chi connectivity index (χ0v) is 16.4. The van der Waals surface area contributed by atoms with E-state index in [1.54, 1.807) is 13.4 Å². The zero-order valence-electron chi connectivity index (χ0n) is 16.4. The predicted octanol–water partition coefficient (Wildman–Crippen LogP) is 3.03. The lowest BCUT2D eigenvalue weighted by molar-refractivity contribution is 0.413. The Morgan fingerprint density at radius 1 is 0.966 bits per heavy atom. The Kier molecular flexibility index (Phi) is 4.31. The molecular weight excluding hydrogens is 368 g/mol. The van der Waals surface area contributed by atoms with E-state index >= 15 is 0 Å². The molecular formula is C21H22N6O2. The van der Waals surface area contributed by atoms with Crippen molar-refractivity contribution < 1.29 is 9.15 Å². The van der Waals surface area contributed by atoms with E-state index in [0.29, 0.717) is 17.4 Å². The quantitative estimate of drug-likeness (QED) is 0.530. The molecule has 0 amide bonds. The summed E-state index contributed by atoms with van der Waals surface area (Å²) in [4.78, 5) is 13.8. The van der Waals surface area contributed by atoms with Crippen molar-refractivity contribution in [2.45, 2.75) is 6.92 Å². The summed E-state index contributed by atoms with van der Waals surface area (Å²) in [5.74, 6) is 3.67. The van der Waals surface area contributed by atoms with Gasteiger partial charge in [0.1, 0.15) is 11.6 Å². The fourth-order valence-electron chi connectivity index (χ4n) is 3.77. The standard InChI is InChI=1S/C21H22N6O2/c1-15-14-19(27-21(22-15)23-20(24-27)18-8-5-13-29-18)26-11-9-25(10-12-26)16-6-3-4-7-17(16)28-2/h3-8,13-14H,9-12H2,1-2H3. The van der Waals surface area contributed by atoms with Gasteiger partial charge in [-0.1, -0.05) is 12.1 Å². The van der Waals surface area contributed by atoms with Crippen molar-refractivity contribution in [2.75, 3.05) is 43.1 Å². The molecule has 0 aliphatic carbocycles. The van der Waals surface area contributed by atoms with Crippen molar-refractivity contribution in [3.63, 3.8) is 0 Å². The lowest BCUT2D eigenvalue weighted by Crippen LogP contribution is -2.47. The van der Waals surface area contributed by atoms with Gasteiger partial charge in [-0.25, -0.2) is 4.98 Å². The van der Waals surface area contributed by atoms with Crippen molar-refractivity contribution in [3.05, 3.63) is 54.4 Å². The van der Waals surface area contributed by atoms with E-state index in [9.17, 15) is 0 Å². The first-order valence-corrected chi connectivity index (χ1v) is 9.64. The smallest absolute Gasteiger partial charge is 0.254 e. The molecule has 1 saturated heterocycles. The van der Waals surface area contributed by atoms with Gasteiger partial charge in [0.05, 0.1) is 19.1 Å². The minimum absolute atomic E-state index is 0.544. The van der Waals surface area contributed by atoms with E-state index < -0.39 is 0 Å². The SMILES string of the molecule is COc1ccccc1N1CCN(c2cc(C)nc3nc(-c4ccco4)nn23)CC1. The topological polar surface area (TPSA) is 71.9 Å². The molecule has 0 radical (unpaired) electrons. The number of hydrogen-bond donors (Lipinski definition) is 0. The second-order valence-electron chi connectivity index (χ2n) is 7.03. The fraction of sp³-hybridized carbons (Fsp3) is 0.286. The third kappa shape index (κ3) is 3.16. The Hall–Kier alpha value is -3.55. The molecule has 8 nitrogen and oxygen atoms in total. The summed E-state index contributed by atoms with van der Waals surface area (Å²) in [6, 6.07) is 13.9. The van der Waals surface area contributed by atoms with Crippen LogP contribution in [0.25, 0.3) is 17.4 Å². The van der Waals surface area contributed by atoms with E-state index in [1.165, 1.54) is 0 Å². The van der Waals surface area contributed by atoms with Crippen LogP contribution in [0.5, 0.6) is 5.75 Å². The molecule has 0 unspecified atom stereocenters. The van der Waals surface area contributed by atoms with Crippen LogP contribution in [0.4, 0.5) is 11.5 Å². The summed E-state index contributed by atoms with van der Waals surface area (Å²) in [7, 11) is 1.72. The molecule has 3 aromatic heterocycles. The molecule has 5 rings (SSSR count). The first kappa shape index (κ1) is 17.5. The summed E-state index contributed by atoms with van der Waals surface area (Å²) < 4.78 is 12.8. The Balaban J connectivity index is 1.43. The number of hydrogen-bond acceptors (Lipinski definition) is 7. The summed E-state index contributed by atoms with van der Waals surface area (Å²) >= 11 is 0. The minimum atomic E-state index is 0.544. The number of nitrogens with zero attached hydrogens (tertiary/aromatic N) is 6. The number of ether oxygens (including phenoxy) is 1. The number of aromatic nitrogens is 4. The number of aryl methyl sites for hydroxylation is 1. The number of rotatable bonds is 4. The van der Waals surface area contributed by atoms with Gasteiger partial charge < -0.3 is 19.0 Å². The number of methoxy groups -OCH3 is 1. The maximum Gasteiger partial charge on any atom is 0.254 e. The normalized spacial score (nSPS) is 14.6. The highest BCUT2D eigenvalue weighted by Gasteiger charge is 2.23. The number of para-hydroxylation sites is 2. The highest BCUT2D eigenvalue weighted by Crippen LogP contribution is 2.29. The molecule has 0 bridgehead atoms.